The zero-order chi connectivity index (χ0) is 16.3. The van der Waals surface area contributed by atoms with E-state index < -0.39 is 5.97 Å². The minimum Gasteiger partial charge on any atom is -0.478 e. The molecule has 1 aliphatic carbocycles. The van der Waals surface area contributed by atoms with Crippen LogP contribution < -0.4 is 10.6 Å². The molecule has 116 valence electrons. The number of hydrogen-bond acceptors (Lipinski definition) is 2. The molecule has 0 radical (unpaired) electrons. The molecule has 0 saturated carbocycles. The zero-order valence-electron chi connectivity index (χ0n) is 12.9. The molecule has 1 aromatic carbocycles. The Hall–Kier alpha value is -1.81. The molecule has 0 bridgehead atoms. The first-order valence-electron chi connectivity index (χ1n) is 7.40. The maximum absolute atomic E-state index is 11.6. The lowest BCUT2D eigenvalue weighted by molar-refractivity contribution is 0.0696. The smallest absolute Gasteiger partial charge is 0.340 e. The summed E-state index contributed by atoms with van der Waals surface area (Å²) in [7, 11) is 0. The number of carbonyl (C=O) groups is 1. The Morgan fingerprint density at radius 3 is 2.45 bits per heavy atom. The Morgan fingerprint density at radius 2 is 1.86 bits per heavy atom. The molecule has 2 aromatic rings. The summed E-state index contributed by atoms with van der Waals surface area (Å²) in [4.78, 5) is 11.6. The van der Waals surface area contributed by atoms with Crippen LogP contribution in [-0.2, 0) is 0 Å². The molecule has 3 rings (SSSR count). The van der Waals surface area contributed by atoms with Crippen LogP contribution in [0.15, 0.2) is 33.2 Å². The molecule has 0 spiro atoms. The fraction of sp³-hybridized carbons (Fsp3) is 0.278. The molecule has 0 aliphatic heterocycles. The average molecular weight is 363 g/mol. The fourth-order valence-corrected chi connectivity index (χ4v) is 2.78. The van der Waals surface area contributed by atoms with Gasteiger partial charge in [0.05, 0.1) is 0 Å². The number of halogens is 1. The van der Waals surface area contributed by atoms with Gasteiger partial charge in [-0.05, 0) is 37.5 Å². The van der Waals surface area contributed by atoms with E-state index in [-0.39, 0.29) is 5.56 Å². The normalized spacial score (nSPS) is 12.8. The van der Waals surface area contributed by atoms with Crippen molar-refractivity contribution in [2.24, 2.45) is 0 Å². The second kappa shape index (κ2) is 6.97. The van der Waals surface area contributed by atoms with Crippen LogP contribution in [0.4, 0.5) is 0 Å². The number of rotatable bonds is 2. The molecule has 3 nitrogen and oxygen atoms in total. The van der Waals surface area contributed by atoms with Gasteiger partial charge < -0.3 is 9.52 Å². The monoisotopic (exact) mass is 362 g/mol. The maximum atomic E-state index is 11.6. The van der Waals surface area contributed by atoms with Crippen LogP contribution in [0.25, 0.3) is 23.0 Å². The molecule has 0 fully saturated rings. The second-order valence-corrected chi connectivity index (χ2v) is 5.80. The highest BCUT2D eigenvalue weighted by molar-refractivity contribution is 9.10. The number of fused-ring (bicyclic) bond motifs is 1. The fourth-order valence-electron chi connectivity index (χ4n) is 2.52. The van der Waals surface area contributed by atoms with E-state index in [9.17, 15) is 9.90 Å². The lowest BCUT2D eigenvalue weighted by Gasteiger charge is -2.00. The maximum Gasteiger partial charge on any atom is 0.340 e. The third-order valence-corrected chi connectivity index (χ3v) is 4.05. The van der Waals surface area contributed by atoms with E-state index in [1.807, 2.05) is 51.1 Å². The molecule has 0 atom stereocenters. The Kier molecular flexibility index (Phi) is 5.24. The van der Waals surface area contributed by atoms with Gasteiger partial charge in [-0.3, -0.25) is 0 Å². The quantitative estimate of drug-likeness (QED) is 0.871. The van der Waals surface area contributed by atoms with Gasteiger partial charge in [0.15, 0.2) is 0 Å². The van der Waals surface area contributed by atoms with Crippen molar-refractivity contribution in [1.82, 2.24) is 0 Å². The van der Waals surface area contributed by atoms with Crippen molar-refractivity contribution in [1.29, 1.82) is 0 Å². The summed E-state index contributed by atoms with van der Waals surface area (Å²) in [6.07, 6.45) is 3.73. The number of aromatic carboxylic acids is 1. The molecule has 0 amide bonds. The van der Waals surface area contributed by atoms with Crippen molar-refractivity contribution in [3.8, 4) is 11.3 Å². The summed E-state index contributed by atoms with van der Waals surface area (Å²) in [5.41, 5.74) is 2.86. The summed E-state index contributed by atoms with van der Waals surface area (Å²) < 4.78 is 6.82. The highest BCUT2D eigenvalue weighted by atomic mass is 79.9. The standard InChI is InChI=1S/C16H13BrO3.C2H6/c1-9-3-2-4-12-13(16(18)19)15(20-14(9)12)10-5-7-11(17)8-6-10;1-2/h4-8H,2-3H2,1H3,(H,18,19);1-2H3. The van der Waals surface area contributed by atoms with Gasteiger partial charge >= 0.3 is 5.97 Å². The summed E-state index contributed by atoms with van der Waals surface area (Å²) in [5, 5.41) is 10.2. The highest BCUT2D eigenvalue weighted by Crippen LogP contribution is 2.24. The molecule has 1 aromatic heterocycles. The van der Waals surface area contributed by atoms with Crippen LogP contribution in [-0.4, -0.2) is 11.1 Å². The number of carboxylic acids is 1. The predicted octanol–water partition coefficient (Wildman–Crippen LogP) is 4.18. The highest BCUT2D eigenvalue weighted by Gasteiger charge is 2.21. The molecule has 0 saturated heterocycles. The molecule has 0 unspecified atom stereocenters. The van der Waals surface area contributed by atoms with E-state index in [0.29, 0.717) is 11.2 Å². The Balaban J connectivity index is 0.000000847. The summed E-state index contributed by atoms with van der Waals surface area (Å²) in [5.74, 6) is -0.508. The lowest BCUT2D eigenvalue weighted by Crippen LogP contribution is -2.29. The van der Waals surface area contributed by atoms with Crippen LogP contribution in [0, 0.1) is 0 Å². The van der Waals surface area contributed by atoms with E-state index in [4.69, 9.17) is 4.42 Å². The van der Waals surface area contributed by atoms with E-state index in [2.05, 4.69) is 15.9 Å². The van der Waals surface area contributed by atoms with Gasteiger partial charge in [0.2, 0.25) is 0 Å². The Labute approximate surface area is 138 Å². The van der Waals surface area contributed by atoms with Crippen molar-refractivity contribution in [2.45, 2.75) is 33.6 Å². The summed E-state index contributed by atoms with van der Waals surface area (Å²) >= 11 is 3.37. The minimum absolute atomic E-state index is 0.265. The van der Waals surface area contributed by atoms with Gasteiger partial charge in [0, 0.05) is 15.3 Å². The number of hydrogen-bond donors (Lipinski definition) is 1. The number of benzene rings is 1. The lowest BCUT2D eigenvalue weighted by atomic mass is 10.0. The van der Waals surface area contributed by atoms with E-state index in [1.165, 1.54) is 0 Å². The van der Waals surface area contributed by atoms with Gasteiger partial charge in [0.25, 0.3) is 0 Å². The van der Waals surface area contributed by atoms with Crippen molar-refractivity contribution < 1.29 is 14.3 Å². The minimum atomic E-state index is -0.945. The first kappa shape index (κ1) is 16.6. The molecular weight excluding hydrogens is 344 g/mol. The van der Waals surface area contributed by atoms with Crippen molar-refractivity contribution in [3.05, 3.63) is 44.9 Å². The van der Waals surface area contributed by atoms with E-state index in [1.54, 1.807) is 0 Å². The van der Waals surface area contributed by atoms with E-state index in [0.717, 1.165) is 33.7 Å². The predicted molar refractivity (Wildman–Crippen MR) is 92.2 cm³/mol. The van der Waals surface area contributed by atoms with Crippen LogP contribution in [0.2, 0.25) is 0 Å². The van der Waals surface area contributed by atoms with Crippen LogP contribution in [0.5, 0.6) is 0 Å². The average Bonchev–Trinajstić information content (AvgIpc) is 2.91. The molecule has 1 aliphatic rings. The molecule has 22 heavy (non-hydrogen) atoms. The first-order valence-corrected chi connectivity index (χ1v) is 8.19. The van der Waals surface area contributed by atoms with Gasteiger partial charge in [-0.15, -0.1) is 0 Å². The molecule has 4 heteroatoms. The van der Waals surface area contributed by atoms with Crippen LogP contribution in [0.3, 0.4) is 0 Å². The van der Waals surface area contributed by atoms with Gasteiger partial charge in [-0.25, -0.2) is 4.79 Å². The second-order valence-electron chi connectivity index (χ2n) is 4.88. The third kappa shape index (κ3) is 3.02. The largest absolute Gasteiger partial charge is 0.478 e. The topological polar surface area (TPSA) is 50.4 Å². The molecule has 1 N–H and O–H groups in total. The first-order chi connectivity index (χ1) is 10.6. The Bertz CT molecular complexity index is 798. The summed E-state index contributed by atoms with van der Waals surface area (Å²) in [6, 6.07) is 7.47. The van der Waals surface area contributed by atoms with Gasteiger partial charge in [-0.1, -0.05) is 48.0 Å². The van der Waals surface area contributed by atoms with Crippen molar-refractivity contribution in [2.75, 3.05) is 0 Å². The Morgan fingerprint density at radius 1 is 1.23 bits per heavy atom. The van der Waals surface area contributed by atoms with Gasteiger partial charge in [0.1, 0.15) is 16.7 Å². The van der Waals surface area contributed by atoms with Gasteiger partial charge in [-0.2, -0.15) is 0 Å². The summed E-state index contributed by atoms with van der Waals surface area (Å²) in [6.45, 7) is 5.99. The SMILES string of the molecule is CC.CC1=c2oc(-c3ccc(Br)cc3)c(C(=O)O)c2=CCC1. The van der Waals surface area contributed by atoms with Crippen LogP contribution >= 0.6 is 15.9 Å². The zero-order valence-corrected chi connectivity index (χ0v) is 14.5. The number of carboxylic acid groups (broad SMARTS) is 1. The van der Waals surface area contributed by atoms with E-state index >= 15 is 0 Å². The molecular formula is C18H19BrO3. The molecule has 1 heterocycles. The van der Waals surface area contributed by atoms with Crippen molar-refractivity contribution >= 4 is 33.5 Å². The third-order valence-electron chi connectivity index (χ3n) is 3.52. The van der Waals surface area contributed by atoms with Crippen LogP contribution in [0.1, 0.15) is 44.0 Å². The van der Waals surface area contributed by atoms with Crippen molar-refractivity contribution in [3.63, 3.8) is 0 Å². The number of furan rings is 1.